The second-order valence-electron chi connectivity index (χ2n) is 8.80. The first-order chi connectivity index (χ1) is 18.1. The SMILES string of the molecule is COc1ccc(OC)c(CN(CCN2CCOCC2)Cc2nc(C(=O)NCCc3ccccn3)co2)c1. The summed E-state index contributed by atoms with van der Waals surface area (Å²) >= 11 is 0. The molecule has 0 spiro atoms. The lowest BCUT2D eigenvalue weighted by Crippen LogP contribution is -2.41. The van der Waals surface area contributed by atoms with Gasteiger partial charge in [0.2, 0.25) is 5.89 Å². The van der Waals surface area contributed by atoms with Crippen molar-refractivity contribution in [2.75, 3.05) is 60.2 Å². The Hall–Kier alpha value is -3.47. The van der Waals surface area contributed by atoms with E-state index in [1.807, 2.05) is 36.4 Å². The Labute approximate surface area is 217 Å². The maximum absolute atomic E-state index is 12.6. The van der Waals surface area contributed by atoms with Gasteiger partial charge in [-0.15, -0.1) is 0 Å². The van der Waals surface area contributed by atoms with Crippen LogP contribution in [0.1, 0.15) is 27.6 Å². The number of aromatic nitrogens is 2. The maximum Gasteiger partial charge on any atom is 0.273 e. The Balaban J connectivity index is 1.39. The van der Waals surface area contributed by atoms with Gasteiger partial charge >= 0.3 is 0 Å². The van der Waals surface area contributed by atoms with Crippen molar-refractivity contribution in [1.82, 2.24) is 25.1 Å². The smallest absolute Gasteiger partial charge is 0.273 e. The van der Waals surface area contributed by atoms with E-state index in [4.69, 9.17) is 18.6 Å². The third-order valence-corrected chi connectivity index (χ3v) is 6.25. The minimum atomic E-state index is -0.264. The van der Waals surface area contributed by atoms with E-state index >= 15 is 0 Å². The van der Waals surface area contributed by atoms with Crippen LogP contribution in [0.3, 0.4) is 0 Å². The molecular formula is C27H35N5O5. The molecule has 4 rings (SSSR count). The number of hydrogen-bond donors (Lipinski definition) is 1. The maximum atomic E-state index is 12.6. The number of benzene rings is 1. The molecule has 1 saturated heterocycles. The number of amides is 1. The summed E-state index contributed by atoms with van der Waals surface area (Å²) in [5.41, 5.74) is 2.19. The van der Waals surface area contributed by atoms with Gasteiger partial charge in [-0.05, 0) is 30.3 Å². The van der Waals surface area contributed by atoms with Crippen molar-refractivity contribution in [3.63, 3.8) is 0 Å². The zero-order valence-electron chi connectivity index (χ0n) is 21.5. The van der Waals surface area contributed by atoms with Gasteiger partial charge in [0.05, 0.1) is 34.0 Å². The normalized spacial score (nSPS) is 14.0. The predicted molar refractivity (Wildman–Crippen MR) is 138 cm³/mol. The molecule has 0 saturated carbocycles. The van der Waals surface area contributed by atoms with Crippen LogP contribution in [0.5, 0.6) is 11.5 Å². The highest BCUT2D eigenvalue weighted by molar-refractivity contribution is 5.91. The summed E-state index contributed by atoms with van der Waals surface area (Å²) in [7, 11) is 3.31. The van der Waals surface area contributed by atoms with Gasteiger partial charge in [0.25, 0.3) is 5.91 Å². The first kappa shape index (κ1) is 26.6. The number of carbonyl (C=O) groups excluding carboxylic acids is 1. The molecule has 0 bridgehead atoms. The Morgan fingerprint density at radius 3 is 2.76 bits per heavy atom. The molecule has 0 radical (unpaired) electrons. The summed E-state index contributed by atoms with van der Waals surface area (Å²) < 4.78 is 22.2. The highest BCUT2D eigenvalue weighted by Gasteiger charge is 2.19. The summed E-state index contributed by atoms with van der Waals surface area (Å²) in [5, 5.41) is 2.89. The van der Waals surface area contributed by atoms with Crippen molar-refractivity contribution in [2.24, 2.45) is 0 Å². The average molecular weight is 510 g/mol. The summed E-state index contributed by atoms with van der Waals surface area (Å²) in [6.07, 6.45) is 3.81. The number of carbonyl (C=O) groups is 1. The third kappa shape index (κ3) is 8.01. The van der Waals surface area contributed by atoms with Crippen LogP contribution in [0.25, 0.3) is 0 Å². The monoisotopic (exact) mass is 509 g/mol. The van der Waals surface area contributed by atoms with Crippen molar-refractivity contribution in [1.29, 1.82) is 0 Å². The topological polar surface area (TPSA) is 102 Å². The first-order valence-electron chi connectivity index (χ1n) is 12.5. The number of methoxy groups -OCH3 is 2. The zero-order chi connectivity index (χ0) is 25.9. The highest BCUT2D eigenvalue weighted by Crippen LogP contribution is 2.26. The third-order valence-electron chi connectivity index (χ3n) is 6.25. The Morgan fingerprint density at radius 2 is 2.00 bits per heavy atom. The van der Waals surface area contributed by atoms with E-state index in [2.05, 4.69) is 25.1 Å². The van der Waals surface area contributed by atoms with Crippen LogP contribution >= 0.6 is 0 Å². The fourth-order valence-corrected chi connectivity index (χ4v) is 4.19. The summed E-state index contributed by atoms with van der Waals surface area (Å²) in [4.78, 5) is 26.0. The van der Waals surface area contributed by atoms with E-state index in [1.54, 1.807) is 20.4 Å². The average Bonchev–Trinajstić information content (AvgIpc) is 3.41. The van der Waals surface area contributed by atoms with Gasteiger partial charge in [-0.1, -0.05) is 6.07 Å². The molecule has 0 atom stereocenters. The molecule has 1 aromatic carbocycles. The molecule has 1 aliphatic heterocycles. The lowest BCUT2D eigenvalue weighted by molar-refractivity contribution is 0.0320. The van der Waals surface area contributed by atoms with E-state index in [1.165, 1.54) is 6.26 Å². The molecule has 37 heavy (non-hydrogen) atoms. The second kappa shape index (κ2) is 13.7. The van der Waals surface area contributed by atoms with E-state index < -0.39 is 0 Å². The van der Waals surface area contributed by atoms with E-state index in [-0.39, 0.29) is 11.6 Å². The molecule has 0 aliphatic carbocycles. The fourth-order valence-electron chi connectivity index (χ4n) is 4.19. The molecule has 1 amide bonds. The molecule has 1 fully saturated rings. The molecule has 10 nitrogen and oxygen atoms in total. The number of hydrogen-bond acceptors (Lipinski definition) is 9. The van der Waals surface area contributed by atoms with Gasteiger partial charge in [0.15, 0.2) is 5.69 Å². The predicted octanol–water partition coefficient (Wildman–Crippen LogP) is 2.39. The summed E-state index contributed by atoms with van der Waals surface area (Å²) in [5.74, 6) is 1.78. The number of nitrogens with zero attached hydrogens (tertiary/aromatic N) is 4. The van der Waals surface area contributed by atoms with Crippen LogP contribution < -0.4 is 14.8 Å². The standard InChI is InChI=1S/C27H35N5O5/c1-34-23-6-7-25(35-2)21(17-23)18-32(12-11-31-13-15-36-16-14-31)19-26-30-24(20-37-26)27(33)29-10-8-22-5-3-4-9-28-22/h3-7,9,17,20H,8,10-16,18-19H2,1-2H3,(H,29,33). The lowest BCUT2D eigenvalue weighted by Gasteiger charge is -2.30. The molecule has 3 aromatic rings. The van der Waals surface area contributed by atoms with E-state index in [9.17, 15) is 4.79 Å². The minimum Gasteiger partial charge on any atom is -0.497 e. The molecule has 2 aromatic heterocycles. The molecule has 1 aliphatic rings. The molecule has 198 valence electrons. The fraction of sp³-hybridized carbons (Fsp3) is 0.444. The quantitative estimate of drug-likeness (QED) is 0.372. The van der Waals surface area contributed by atoms with Gasteiger partial charge < -0.3 is 23.9 Å². The Bertz CT molecular complexity index is 1120. The van der Waals surface area contributed by atoms with Crippen molar-refractivity contribution >= 4 is 5.91 Å². The van der Waals surface area contributed by atoms with Crippen LogP contribution in [-0.4, -0.2) is 85.8 Å². The molecule has 10 heteroatoms. The van der Waals surface area contributed by atoms with Gasteiger partial charge in [-0.25, -0.2) is 4.98 Å². The second-order valence-corrected chi connectivity index (χ2v) is 8.80. The van der Waals surface area contributed by atoms with Crippen molar-refractivity contribution in [3.8, 4) is 11.5 Å². The molecule has 3 heterocycles. The largest absolute Gasteiger partial charge is 0.497 e. The van der Waals surface area contributed by atoms with Crippen LogP contribution in [0.2, 0.25) is 0 Å². The van der Waals surface area contributed by atoms with E-state index in [0.29, 0.717) is 31.9 Å². The van der Waals surface area contributed by atoms with Crippen LogP contribution in [0, 0.1) is 0 Å². The Kier molecular flexibility index (Phi) is 9.87. The Morgan fingerprint density at radius 1 is 1.14 bits per heavy atom. The molecule has 0 unspecified atom stereocenters. The van der Waals surface area contributed by atoms with Gasteiger partial charge in [-0.2, -0.15) is 0 Å². The highest BCUT2D eigenvalue weighted by atomic mass is 16.5. The lowest BCUT2D eigenvalue weighted by atomic mass is 10.1. The minimum absolute atomic E-state index is 0.264. The van der Waals surface area contributed by atoms with Crippen molar-refractivity contribution < 1.29 is 23.4 Å². The number of pyridine rings is 1. The molecule has 1 N–H and O–H groups in total. The summed E-state index contributed by atoms with van der Waals surface area (Å²) in [6, 6.07) is 11.5. The van der Waals surface area contributed by atoms with Crippen LogP contribution in [0.15, 0.2) is 53.3 Å². The van der Waals surface area contributed by atoms with Crippen molar-refractivity contribution in [3.05, 3.63) is 71.7 Å². The summed E-state index contributed by atoms with van der Waals surface area (Å²) in [6.45, 7) is 6.54. The first-order valence-corrected chi connectivity index (χ1v) is 12.5. The van der Waals surface area contributed by atoms with Gasteiger partial charge in [-0.3, -0.25) is 19.6 Å². The van der Waals surface area contributed by atoms with Crippen LogP contribution in [0.4, 0.5) is 0 Å². The van der Waals surface area contributed by atoms with Gasteiger partial charge in [0, 0.05) is 63.1 Å². The van der Waals surface area contributed by atoms with E-state index in [0.717, 1.165) is 62.1 Å². The number of ether oxygens (including phenoxy) is 3. The van der Waals surface area contributed by atoms with Crippen LogP contribution in [-0.2, 0) is 24.2 Å². The van der Waals surface area contributed by atoms with Gasteiger partial charge in [0.1, 0.15) is 17.8 Å². The number of morpholine rings is 1. The number of rotatable bonds is 13. The van der Waals surface area contributed by atoms with Crippen molar-refractivity contribution in [2.45, 2.75) is 19.5 Å². The molecular weight excluding hydrogens is 474 g/mol. The zero-order valence-corrected chi connectivity index (χ0v) is 21.5. The number of nitrogens with one attached hydrogen (secondary N) is 1. The number of oxazole rings is 1.